The molecule has 3 unspecified atom stereocenters. The molecule has 0 radical (unpaired) electrons. The predicted molar refractivity (Wildman–Crippen MR) is 100 cm³/mol. The highest BCUT2D eigenvalue weighted by Gasteiger charge is 2.28. The van der Waals surface area contributed by atoms with Crippen LogP contribution < -0.4 is 10.1 Å². The van der Waals surface area contributed by atoms with Crippen LogP contribution in [-0.2, 0) is 9.53 Å². The number of nitrogens with one attached hydrogen (secondary N) is 1. The van der Waals surface area contributed by atoms with Gasteiger partial charge in [-0.3, -0.25) is 9.78 Å². The zero-order chi connectivity index (χ0) is 22.3. The molecular formula is C20H22F4N2O4. The SMILES string of the molecule is CC1CCC(C(=O)Nc2cc(C(O)CF)ncc2F)O1.COc1cccc(F)c1F. The van der Waals surface area contributed by atoms with E-state index in [1.807, 2.05) is 6.92 Å². The van der Waals surface area contributed by atoms with Crippen LogP contribution in [0, 0.1) is 17.5 Å². The van der Waals surface area contributed by atoms with Crippen LogP contribution in [-0.4, -0.2) is 42.0 Å². The fraction of sp³-hybridized carbons (Fsp3) is 0.400. The number of pyridine rings is 1. The third-order valence-electron chi connectivity index (χ3n) is 4.28. The number of nitrogens with zero attached hydrogens (tertiary/aromatic N) is 1. The van der Waals surface area contributed by atoms with Crippen LogP contribution in [0.4, 0.5) is 23.2 Å². The first-order valence-electron chi connectivity index (χ1n) is 9.10. The molecule has 1 aliphatic rings. The molecule has 164 valence electrons. The van der Waals surface area contributed by atoms with E-state index < -0.39 is 42.2 Å². The molecule has 0 aliphatic carbocycles. The van der Waals surface area contributed by atoms with Gasteiger partial charge < -0.3 is 19.9 Å². The zero-order valence-electron chi connectivity index (χ0n) is 16.4. The third-order valence-corrected chi connectivity index (χ3v) is 4.28. The Hall–Kier alpha value is -2.72. The second-order valence-electron chi connectivity index (χ2n) is 6.52. The molecular weight excluding hydrogens is 408 g/mol. The van der Waals surface area contributed by atoms with E-state index in [-0.39, 0.29) is 23.2 Å². The molecule has 3 rings (SSSR count). The van der Waals surface area contributed by atoms with E-state index in [4.69, 9.17) is 4.74 Å². The van der Waals surface area contributed by atoms with E-state index in [9.17, 15) is 27.5 Å². The van der Waals surface area contributed by atoms with Crippen molar-refractivity contribution in [3.63, 3.8) is 0 Å². The van der Waals surface area contributed by atoms with Crippen LogP contribution in [0.3, 0.4) is 0 Å². The van der Waals surface area contributed by atoms with Crippen molar-refractivity contribution in [2.75, 3.05) is 19.1 Å². The molecule has 1 saturated heterocycles. The van der Waals surface area contributed by atoms with E-state index in [1.165, 1.54) is 19.2 Å². The molecule has 2 heterocycles. The standard InChI is InChI=1S/C13H16F2N2O3.C7H6F2O/c1-7-2-3-12(20-7)13(19)17-9-4-10(11(18)5-14)16-6-8(9)15;1-10-6-4-2-3-5(8)7(6)9/h4,6-7,11-12,18H,2-3,5H2,1H3,(H,16,17,19);2-4H,1H3. The average Bonchev–Trinajstić information content (AvgIpc) is 3.18. The number of carbonyl (C=O) groups is 1. The van der Waals surface area contributed by atoms with Crippen molar-refractivity contribution in [3.8, 4) is 5.75 Å². The summed E-state index contributed by atoms with van der Waals surface area (Å²) in [5.74, 6) is -3.11. The molecule has 1 amide bonds. The number of amides is 1. The van der Waals surface area contributed by atoms with Crippen molar-refractivity contribution in [1.82, 2.24) is 4.98 Å². The number of alkyl halides is 1. The summed E-state index contributed by atoms with van der Waals surface area (Å²) >= 11 is 0. The Morgan fingerprint density at radius 3 is 2.63 bits per heavy atom. The summed E-state index contributed by atoms with van der Waals surface area (Å²) in [6.45, 7) is 0.825. The Labute approximate surface area is 170 Å². The lowest BCUT2D eigenvalue weighted by Gasteiger charge is -2.13. The fourth-order valence-electron chi connectivity index (χ4n) is 2.66. The number of benzene rings is 1. The van der Waals surface area contributed by atoms with Gasteiger partial charge in [0.2, 0.25) is 5.82 Å². The lowest BCUT2D eigenvalue weighted by Crippen LogP contribution is -2.28. The number of carbonyl (C=O) groups excluding carboxylic acids is 1. The number of rotatable bonds is 5. The molecule has 10 heteroatoms. The first kappa shape index (κ1) is 23.6. The number of aliphatic hydroxyl groups is 1. The summed E-state index contributed by atoms with van der Waals surface area (Å²) in [6, 6.07) is 4.91. The molecule has 30 heavy (non-hydrogen) atoms. The van der Waals surface area contributed by atoms with Gasteiger partial charge in [-0.15, -0.1) is 0 Å². The second-order valence-corrected chi connectivity index (χ2v) is 6.52. The normalized spacial score (nSPS) is 18.9. The fourth-order valence-corrected chi connectivity index (χ4v) is 2.66. The minimum Gasteiger partial charge on any atom is -0.494 e. The van der Waals surface area contributed by atoms with Crippen LogP contribution >= 0.6 is 0 Å². The molecule has 2 N–H and O–H groups in total. The van der Waals surface area contributed by atoms with Gasteiger partial charge in [0.15, 0.2) is 17.4 Å². The van der Waals surface area contributed by atoms with Crippen molar-refractivity contribution < 1.29 is 36.9 Å². The lowest BCUT2D eigenvalue weighted by molar-refractivity contribution is -0.126. The maximum absolute atomic E-state index is 13.6. The molecule has 3 atom stereocenters. The highest BCUT2D eigenvalue weighted by atomic mass is 19.2. The summed E-state index contributed by atoms with van der Waals surface area (Å²) in [5, 5.41) is 11.7. The molecule has 1 fully saturated rings. The van der Waals surface area contributed by atoms with E-state index in [1.54, 1.807) is 0 Å². The number of aromatic nitrogens is 1. The van der Waals surface area contributed by atoms with Gasteiger partial charge in [0.05, 0.1) is 30.8 Å². The Kier molecular flexibility index (Phi) is 8.55. The Morgan fingerprint density at radius 1 is 1.33 bits per heavy atom. The van der Waals surface area contributed by atoms with Crippen molar-refractivity contribution in [2.45, 2.75) is 38.1 Å². The predicted octanol–water partition coefficient (Wildman–Crippen LogP) is 3.70. The summed E-state index contributed by atoms with van der Waals surface area (Å²) in [7, 11) is 1.29. The van der Waals surface area contributed by atoms with E-state index >= 15 is 0 Å². The highest BCUT2D eigenvalue weighted by Crippen LogP contribution is 2.23. The topological polar surface area (TPSA) is 80.7 Å². The van der Waals surface area contributed by atoms with Crippen LogP contribution in [0.25, 0.3) is 0 Å². The molecule has 2 aromatic rings. The maximum Gasteiger partial charge on any atom is 0.253 e. The average molecular weight is 430 g/mol. The van der Waals surface area contributed by atoms with Crippen molar-refractivity contribution >= 4 is 11.6 Å². The van der Waals surface area contributed by atoms with Crippen molar-refractivity contribution in [3.05, 3.63) is 53.6 Å². The Morgan fingerprint density at radius 2 is 2.07 bits per heavy atom. The third kappa shape index (κ3) is 6.14. The van der Waals surface area contributed by atoms with Gasteiger partial charge in [-0.2, -0.15) is 4.39 Å². The quantitative estimate of drug-likeness (QED) is 0.707. The monoisotopic (exact) mass is 430 g/mol. The number of halogens is 4. The number of aliphatic hydroxyl groups excluding tert-OH is 1. The number of hydrogen-bond donors (Lipinski definition) is 2. The number of methoxy groups -OCH3 is 1. The molecule has 0 saturated carbocycles. The largest absolute Gasteiger partial charge is 0.494 e. The van der Waals surface area contributed by atoms with E-state index in [0.29, 0.717) is 6.42 Å². The van der Waals surface area contributed by atoms with Crippen LogP contribution in [0.2, 0.25) is 0 Å². The van der Waals surface area contributed by atoms with E-state index in [0.717, 1.165) is 24.8 Å². The maximum atomic E-state index is 13.6. The Balaban J connectivity index is 0.000000269. The van der Waals surface area contributed by atoms with Gasteiger partial charge in [-0.05, 0) is 38.0 Å². The van der Waals surface area contributed by atoms with Gasteiger partial charge in [0.1, 0.15) is 18.9 Å². The van der Waals surface area contributed by atoms with Gasteiger partial charge in [0, 0.05) is 0 Å². The van der Waals surface area contributed by atoms with Gasteiger partial charge >= 0.3 is 0 Å². The number of anilines is 1. The highest BCUT2D eigenvalue weighted by molar-refractivity contribution is 5.94. The smallest absolute Gasteiger partial charge is 0.253 e. The molecule has 6 nitrogen and oxygen atoms in total. The molecule has 0 spiro atoms. The first-order chi connectivity index (χ1) is 14.3. The summed E-state index contributed by atoms with van der Waals surface area (Å²) in [4.78, 5) is 15.5. The number of hydrogen-bond acceptors (Lipinski definition) is 5. The second kappa shape index (κ2) is 10.9. The van der Waals surface area contributed by atoms with Gasteiger partial charge in [-0.25, -0.2) is 13.2 Å². The molecule has 1 aliphatic heterocycles. The first-order valence-corrected chi connectivity index (χ1v) is 9.10. The van der Waals surface area contributed by atoms with Gasteiger partial charge in [0.25, 0.3) is 5.91 Å². The summed E-state index contributed by atoms with van der Waals surface area (Å²) < 4.78 is 60.6. The van der Waals surface area contributed by atoms with Crippen molar-refractivity contribution in [2.24, 2.45) is 0 Å². The van der Waals surface area contributed by atoms with Gasteiger partial charge in [-0.1, -0.05) is 6.07 Å². The molecule has 0 bridgehead atoms. The summed E-state index contributed by atoms with van der Waals surface area (Å²) in [5.41, 5.74) is -0.180. The van der Waals surface area contributed by atoms with Crippen LogP contribution in [0.15, 0.2) is 30.5 Å². The van der Waals surface area contributed by atoms with Crippen LogP contribution in [0.1, 0.15) is 31.6 Å². The lowest BCUT2D eigenvalue weighted by atomic mass is 10.2. The molecule has 1 aromatic heterocycles. The van der Waals surface area contributed by atoms with E-state index in [2.05, 4.69) is 15.0 Å². The minimum atomic E-state index is -1.44. The zero-order valence-corrected chi connectivity index (χ0v) is 16.4. The molecule has 1 aromatic carbocycles. The van der Waals surface area contributed by atoms with Crippen molar-refractivity contribution in [1.29, 1.82) is 0 Å². The Bertz CT molecular complexity index is 869. The minimum absolute atomic E-state index is 0.00282. The number of ether oxygens (including phenoxy) is 2. The van der Waals surface area contributed by atoms with Crippen LogP contribution in [0.5, 0.6) is 5.75 Å². The summed E-state index contributed by atoms with van der Waals surface area (Å²) in [6.07, 6.45) is 0.114.